The Kier molecular flexibility index (Phi) is 6.11. The third-order valence-corrected chi connectivity index (χ3v) is 6.42. The molecule has 28 heavy (non-hydrogen) atoms. The zero-order valence-electron chi connectivity index (χ0n) is 16.8. The van der Waals surface area contributed by atoms with Gasteiger partial charge in [-0.05, 0) is 55.9 Å². The number of benzene rings is 1. The number of rotatable bonds is 5. The first-order chi connectivity index (χ1) is 13.6. The van der Waals surface area contributed by atoms with E-state index in [-0.39, 0.29) is 12.2 Å². The maximum atomic E-state index is 12.5. The molecule has 4 rings (SSSR count). The fourth-order valence-electron chi connectivity index (χ4n) is 4.74. The van der Waals surface area contributed by atoms with Crippen molar-refractivity contribution in [1.82, 2.24) is 19.7 Å². The molecule has 0 spiro atoms. The van der Waals surface area contributed by atoms with Gasteiger partial charge >= 0.3 is 0 Å². The van der Waals surface area contributed by atoms with Crippen LogP contribution < -0.4 is 5.56 Å². The van der Waals surface area contributed by atoms with Crippen molar-refractivity contribution in [2.24, 2.45) is 11.8 Å². The number of aromatic amines is 1. The van der Waals surface area contributed by atoms with E-state index in [1.807, 2.05) is 30.3 Å². The number of para-hydroxylation sites is 1. The van der Waals surface area contributed by atoms with Crippen molar-refractivity contribution in [3.8, 4) is 0 Å². The Morgan fingerprint density at radius 1 is 1.07 bits per heavy atom. The maximum Gasteiger partial charge on any atom is 0.252 e. The van der Waals surface area contributed by atoms with Crippen molar-refractivity contribution in [2.45, 2.75) is 13.0 Å². The van der Waals surface area contributed by atoms with Crippen molar-refractivity contribution >= 4 is 10.9 Å². The van der Waals surface area contributed by atoms with Gasteiger partial charge in [0.25, 0.3) is 5.56 Å². The van der Waals surface area contributed by atoms with Gasteiger partial charge in [-0.3, -0.25) is 9.69 Å². The summed E-state index contributed by atoms with van der Waals surface area (Å²) in [5.74, 6) is 0.758. The summed E-state index contributed by atoms with van der Waals surface area (Å²) in [4.78, 5) is 22.8. The molecule has 1 aromatic heterocycles. The maximum absolute atomic E-state index is 12.5. The van der Waals surface area contributed by atoms with Crippen LogP contribution in [0.25, 0.3) is 10.9 Å². The second-order valence-corrected chi connectivity index (χ2v) is 8.57. The van der Waals surface area contributed by atoms with Crippen molar-refractivity contribution in [1.29, 1.82) is 0 Å². The molecule has 0 radical (unpaired) electrons. The number of H-pyrrole nitrogens is 1. The van der Waals surface area contributed by atoms with Crippen LogP contribution in [0.3, 0.4) is 0 Å². The quantitative estimate of drug-likeness (QED) is 0.811. The molecule has 3 heterocycles. The van der Waals surface area contributed by atoms with Crippen molar-refractivity contribution in [2.75, 3.05) is 59.5 Å². The highest BCUT2D eigenvalue weighted by molar-refractivity contribution is 5.78. The number of pyridine rings is 1. The summed E-state index contributed by atoms with van der Waals surface area (Å²) in [6.07, 6.45) is 1.21. The lowest BCUT2D eigenvalue weighted by Crippen LogP contribution is -2.36. The van der Waals surface area contributed by atoms with Crippen LogP contribution in [0.2, 0.25) is 0 Å². The van der Waals surface area contributed by atoms with Crippen LogP contribution in [-0.4, -0.2) is 84.3 Å². The minimum atomic E-state index is -0.00162. The number of fused-ring (bicyclic) bond motifs is 1. The van der Waals surface area contributed by atoms with Gasteiger partial charge in [-0.15, -0.1) is 0 Å². The number of hydrogen-bond donors (Lipinski definition) is 2. The molecule has 152 valence electrons. The van der Waals surface area contributed by atoms with Gasteiger partial charge in [0.05, 0.1) is 0 Å². The largest absolute Gasteiger partial charge is 0.396 e. The van der Waals surface area contributed by atoms with Crippen LogP contribution >= 0.6 is 0 Å². The minimum Gasteiger partial charge on any atom is -0.396 e. The molecule has 0 aliphatic carbocycles. The van der Waals surface area contributed by atoms with Gasteiger partial charge in [0.1, 0.15) is 0 Å². The number of nitrogens with zero attached hydrogens (tertiary/aromatic N) is 3. The van der Waals surface area contributed by atoms with E-state index in [0.29, 0.717) is 18.4 Å². The van der Waals surface area contributed by atoms with Crippen molar-refractivity contribution < 1.29 is 5.11 Å². The first-order valence-electron chi connectivity index (χ1n) is 10.5. The van der Waals surface area contributed by atoms with Crippen molar-refractivity contribution in [3.05, 3.63) is 46.2 Å². The van der Waals surface area contributed by atoms with Crippen molar-refractivity contribution in [3.63, 3.8) is 0 Å². The zero-order valence-corrected chi connectivity index (χ0v) is 16.8. The number of aromatic nitrogens is 1. The Morgan fingerprint density at radius 2 is 1.89 bits per heavy atom. The molecule has 2 N–H and O–H groups in total. The summed E-state index contributed by atoms with van der Waals surface area (Å²) in [6.45, 7) is 8.26. The van der Waals surface area contributed by atoms with Crippen LogP contribution in [0.4, 0.5) is 0 Å². The number of nitrogens with one attached hydrogen (secondary N) is 1. The summed E-state index contributed by atoms with van der Waals surface area (Å²) in [6, 6.07) is 9.92. The second kappa shape index (κ2) is 8.74. The fourth-order valence-corrected chi connectivity index (χ4v) is 4.74. The van der Waals surface area contributed by atoms with Gasteiger partial charge in [-0.2, -0.15) is 0 Å². The highest BCUT2D eigenvalue weighted by Gasteiger charge is 2.33. The number of aliphatic hydroxyl groups is 1. The normalized spacial score (nSPS) is 25.4. The molecular weight excluding hydrogens is 352 g/mol. The molecule has 2 aromatic rings. The SMILES string of the molecule is CN1CCCN(C[C@@H]2CN(Cc3cc4ccccc4[nH]c3=O)C[C@@H]2CO)CC1. The van der Waals surface area contributed by atoms with Crippen LogP contribution in [0.5, 0.6) is 0 Å². The van der Waals surface area contributed by atoms with Crippen LogP contribution in [0.15, 0.2) is 35.1 Å². The summed E-state index contributed by atoms with van der Waals surface area (Å²) in [5, 5.41) is 11.0. The van der Waals surface area contributed by atoms with Gasteiger partial charge in [-0.25, -0.2) is 0 Å². The highest BCUT2D eigenvalue weighted by Crippen LogP contribution is 2.26. The molecule has 0 saturated carbocycles. The number of aliphatic hydroxyl groups excluding tert-OH is 1. The van der Waals surface area contributed by atoms with Gasteiger partial charge in [0.2, 0.25) is 0 Å². The third-order valence-electron chi connectivity index (χ3n) is 6.42. The van der Waals surface area contributed by atoms with E-state index in [1.54, 1.807) is 0 Å². The average molecular weight is 385 g/mol. The van der Waals surface area contributed by atoms with E-state index in [0.717, 1.165) is 55.7 Å². The monoisotopic (exact) mass is 384 g/mol. The molecule has 2 fully saturated rings. The Hall–Kier alpha value is -1.73. The summed E-state index contributed by atoms with van der Waals surface area (Å²) >= 11 is 0. The first-order valence-corrected chi connectivity index (χ1v) is 10.5. The molecule has 1 aromatic carbocycles. The molecule has 0 amide bonds. The topological polar surface area (TPSA) is 62.8 Å². The van der Waals surface area contributed by atoms with Gasteiger partial charge < -0.3 is 19.9 Å². The Labute approximate surface area is 166 Å². The second-order valence-electron chi connectivity index (χ2n) is 8.57. The fraction of sp³-hybridized carbons (Fsp3) is 0.591. The predicted octanol–water partition coefficient (Wildman–Crippen LogP) is 1.21. The van der Waals surface area contributed by atoms with E-state index in [4.69, 9.17) is 0 Å². The molecular formula is C22H32N4O2. The van der Waals surface area contributed by atoms with E-state index in [2.05, 4.69) is 26.7 Å². The van der Waals surface area contributed by atoms with Crippen LogP contribution in [0, 0.1) is 11.8 Å². The van der Waals surface area contributed by atoms with E-state index < -0.39 is 0 Å². The predicted molar refractivity (Wildman–Crippen MR) is 112 cm³/mol. The van der Waals surface area contributed by atoms with Gasteiger partial charge in [-0.1, -0.05) is 18.2 Å². The molecule has 2 aliphatic rings. The number of likely N-dealkylation sites (N-methyl/N-ethyl adjacent to an activating group) is 1. The molecule has 0 unspecified atom stereocenters. The van der Waals surface area contributed by atoms with Crippen LogP contribution in [-0.2, 0) is 6.54 Å². The van der Waals surface area contributed by atoms with Gasteiger partial charge in [0.15, 0.2) is 0 Å². The molecule has 0 bridgehead atoms. The van der Waals surface area contributed by atoms with Crippen LogP contribution in [0.1, 0.15) is 12.0 Å². The standard InChI is InChI=1S/C22H32N4O2/c1-24-7-4-8-25(10-9-24)13-19-14-26(15-20(19)16-27)12-18-11-17-5-2-3-6-21(17)23-22(18)28/h2-3,5-6,11,19-20,27H,4,7-10,12-16H2,1H3,(H,23,28)/t19-,20-/m1/s1. The first kappa shape index (κ1) is 19.6. The lowest BCUT2D eigenvalue weighted by Gasteiger charge is -2.26. The smallest absolute Gasteiger partial charge is 0.252 e. The molecule has 2 saturated heterocycles. The Morgan fingerprint density at radius 3 is 2.75 bits per heavy atom. The number of hydrogen-bond acceptors (Lipinski definition) is 5. The Balaban J connectivity index is 1.42. The van der Waals surface area contributed by atoms with E-state index >= 15 is 0 Å². The minimum absolute atomic E-state index is 0.00162. The molecule has 2 atom stereocenters. The summed E-state index contributed by atoms with van der Waals surface area (Å²) in [5.41, 5.74) is 1.70. The van der Waals surface area contributed by atoms with Gasteiger partial charge in [0, 0.05) is 57.0 Å². The average Bonchev–Trinajstić information content (AvgIpc) is 2.95. The highest BCUT2D eigenvalue weighted by atomic mass is 16.3. The molecule has 6 heteroatoms. The molecule has 2 aliphatic heterocycles. The van der Waals surface area contributed by atoms with E-state index in [1.165, 1.54) is 13.0 Å². The third kappa shape index (κ3) is 4.46. The Bertz CT molecular complexity index is 852. The number of likely N-dealkylation sites (tertiary alicyclic amines) is 1. The lowest BCUT2D eigenvalue weighted by molar-refractivity contribution is 0.165. The zero-order chi connectivity index (χ0) is 19.5. The lowest BCUT2D eigenvalue weighted by atomic mass is 9.96. The molecule has 6 nitrogen and oxygen atoms in total. The summed E-state index contributed by atoms with van der Waals surface area (Å²) in [7, 11) is 2.19. The van der Waals surface area contributed by atoms with E-state index in [9.17, 15) is 9.90 Å². The summed E-state index contributed by atoms with van der Waals surface area (Å²) < 4.78 is 0.